The highest BCUT2D eigenvalue weighted by Gasteiger charge is 2.14. The molecule has 20 heavy (non-hydrogen) atoms. The third-order valence-electron chi connectivity index (χ3n) is 2.79. The molecule has 0 bridgehead atoms. The molecule has 0 unspecified atom stereocenters. The van der Waals surface area contributed by atoms with Crippen LogP contribution in [0, 0.1) is 11.6 Å². The van der Waals surface area contributed by atoms with Crippen molar-refractivity contribution in [2.24, 2.45) is 7.05 Å². The van der Waals surface area contributed by atoms with Gasteiger partial charge >= 0.3 is 0 Å². The van der Waals surface area contributed by atoms with Crippen molar-refractivity contribution in [2.45, 2.75) is 20.1 Å². The Bertz CT molecular complexity index is 562. The van der Waals surface area contributed by atoms with Crippen LogP contribution in [-0.2, 0) is 20.2 Å². The molecule has 5 nitrogen and oxygen atoms in total. The zero-order valence-corrected chi connectivity index (χ0v) is 11.4. The molecule has 0 saturated heterocycles. The van der Waals surface area contributed by atoms with Crippen LogP contribution in [0.2, 0.25) is 0 Å². The fraction of sp³-hybridized carbons (Fsp3) is 0.385. The SMILES string of the molecule is CCNCc1cc(F)c(OCc2nncn2C)c(F)c1. The second-order valence-electron chi connectivity index (χ2n) is 4.32. The summed E-state index contributed by atoms with van der Waals surface area (Å²) in [6.45, 7) is 3.02. The molecule has 0 radical (unpaired) electrons. The van der Waals surface area contributed by atoms with E-state index in [0.717, 1.165) is 6.54 Å². The molecule has 0 fully saturated rings. The number of aromatic nitrogens is 3. The highest BCUT2D eigenvalue weighted by Crippen LogP contribution is 2.24. The van der Waals surface area contributed by atoms with Gasteiger partial charge < -0.3 is 14.6 Å². The van der Waals surface area contributed by atoms with Gasteiger partial charge in [0.2, 0.25) is 0 Å². The minimum atomic E-state index is -0.722. The summed E-state index contributed by atoms with van der Waals surface area (Å²) in [6.07, 6.45) is 1.49. The van der Waals surface area contributed by atoms with E-state index in [1.165, 1.54) is 18.5 Å². The molecule has 1 N–H and O–H groups in total. The Morgan fingerprint density at radius 2 is 2.00 bits per heavy atom. The Morgan fingerprint density at radius 3 is 2.55 bits per heavy atom. The molecule has 0 aliphatic heterocycles. The maximum Gasteiger partial charge on any atom is 0.191 e. The van der Waals surface area contributed by atoms with Gasteiger partial charge in [-0.3, -0.25) is 0 Å². The summed E-state index contributed by atoms with van der Waals surface area (Å²) in [5, 5.41) is 10.4. The van der Waals surface area contributed by atoms with E-state index in [9.17, 15) is 8.78 Å². The van der Waals surface area contributed by atoms with E-state index in [2.05, 4.69) is 15.5 Å². The van der Waals surface area contributed by atoms with Crippen LogP contribution in [0.25, 0.3) is 0 Å². The minimum absolute atomic E-state index is 0.0447. The van der Waals surface area contributed by atoms with Gasteiger partial charge in [0.05, 0.1) is 0 Å². The Balaban J connectivity index is 2.10. The normalized spacial score (nSPS) is 10.8. The van der Waals surface area contributed by atoms with Crippen LogP contribution in [0.3, 0.4) is 0 Å². The summed E-state index contributed by atoms with van der Waals surface area (Å²) in [6, 6.07) is 2.52. The fourth-order valence-corrected chi connectivity index (χ4v) is 1.70. The first-order valence-electron chi connectivity index (χ1n) is 6.26. The van der Waals surface area contributed by atoms with Gasteiger partial charge in [0.15, 0.2) is 23.2 Å². The lowest BCUT2D eigenvalue weighted by molar-refractivity contribution is 0.262. The molecule has 2 rings (SSSR count). The third kappa shape index (κ3) is 3.30. The van der Waals surface area contributed by atoms with Crippen molar-refractivity contribution in [1.82, 2.24) is 20.1 Å². The molecule has 0 amide bonds. The number of nitrogens with zero attached hydrogens (tertiary/aromatic N) is 3. The number of ether oxygens (including phenoxy) is 1. The zero-order chi connectivity index (χ0) is 14.5. The summed E-state index contributed by atoms with van der Waals surface area (Å²) in [7, 11) is 1.73. The number of rotatable bonds is 6. The molecule has 1 aromatic heterocycles. The lowest BCUT2D eigenvalue weighted by Gasteiger charge is -2.10. The first kappa shape index (κ1) is 14.4. The summed E-state index contributed by atoms with van der Waals surface area (Å²) in [5.41, 5.74) is 0.535. The molecule has 0 aliphatic carbocycles. The van der Waals surface area contributed by atoms with Gasteiger partial charge in [0.25, 0.3) is 0 Å². The number of hydrogen-bond acceptors (Lipinski definition) is 4. The molecule has 2 aromatic rings. The maximum absolute atomic E-state index is 13.8. The first-order valence-corrected chi connectivity index (χ1v) is 6.26. The van der Waals surface area contributed by atoms with Crippen molar-refractivity contribution in [3.8, 4) is 5.75 Å². The second kappa shape index (κ2) is 6.42. The van der Waals surface area contributed by atoms with E-state index in [-0.39, 0.29) is 6.61 Å². The smallest absolute Gasteiger partial charge is 0.191 e. The van der Waals surface area contributed by atoms with E-state index in [1.54, 1.807) is 11.6 Å². The molecule has 0 spiro atoms. The van der Waals surface area contributed by atoms with Crippen molar-refractivity contribution < 1.29 is 13.5 Å². The quantitative estimate of drug-likeness (QED) is 0.877. The largest absolute Gasteiger partial charge is 0.479 e. The van der Waals surface area contributed by atoms with Gasteiger partial charge in [0, 0.05) is 13.6 Å². The topological polar surface area (TPSA) is 52.0 Å². The summed E-state index contributed by atoms with van der Waals surface area (Å²) in [4.78, 5) is 0. The van der Waals surface area contributed by atoms with Crippen LogP contribution < -0.4 is 10.1 Å². The monoisotopic (exact) mass is 282 g/mol. The van der Waals surface area contributed by atoms with E-state index in [0.29, 0.717) is 17.9 Å². The Hall–Kier alpha value is -2.02. The molecule has 7 heteroatoms. The summed E-state index contributed by atoms with van der Waals surface area (Å²) < 4.78 is 34.4. The van der Waals surface area contributed by atoms with Crippen LogP contribution >= 0.6 is 0 Å². The van der Waals surface area contributed by atoms with Gasteiger partial charge in [-0.25, -0.2) is 8.78 Å². The lowest BCUT2D eigenvalue weighted by Crippen LogP contribution is -2.12. The average molecular weight is 282 g/mol. The molecule has 0 atom stereocenters. The third-order valence-corrected chi connectivity index (χ3v) is 2.79. The molecule has 1 heterocycles. The van der Waals surface area contributed by atoms with Crippen LogP contribution in [0.4, 0.5) is 8.78 Å². The fourth-order valence-electron chi connectivity index (χ4n) is 1.70. The van der Waals surface area contributed by atoms with Crippen LogP contribution in [0.15, 0.2) is 18.5 Å². The Kier molecular flexibility index (Phi) is 4.62. The minimum Gasteiger partial charge on any atom is -0.479 e. The Labute approximate surface area is 115 Å². The maximum atomic E-state index is 13.8. The lowest BCUT2D eigenvalue weighted by atomic mass is 10.2. The predicted molar refractivity (Wildman–Crippen MR) is 69.1 cm³/mol. The summed E-state index contributed by atoms with van der Waals surface area (Å²) in [5.74, 6) is -1.35. The predicted octanol–water partition coefficient (Wildman–Crippen LogP) is 1.78. The number of halogens is 2. The van der Waals surface area contributed by atoms with Crippen molar-refractivity contribution in [1.29, 1.82) is 0 Å². The van der Waals surface area contributed by atoms with Crippen LogP contribution in [0.5, 0.6) is 5.75 Å². The van der Waals surface area contributed by atoms with E-state index in [1.807, 2.05) is 6.92 Å². The van der Waals surface area contributed by atoms with Crippen LogP contribution in [-0.4, -0.2) is 21.3 Å². The van der Waals surface area contributed by atoms with Crippen molar-refractivity contribution in [2.75, 3.05) is 6.54 Å². The van der Waals surface area contributed by atoms with E-state index < -0.39 is 17.4 Å². The van der Waals surface area contributed by atoms with E-state index >= 15 is 0 Å². The molecule has 108 valence electrons. The van der Waals surface area contributed by atoms with Gasteiger partial charge in [-0.1, -0.05) is 6.92 Å². The second-order valence-corrected chi connectivity index (χ2v) is 4.32. The van der Waals surface area contributed by atoms with Crippen molar-refractivity contribution in [3.63, 3.8) is 0 Å². The highest BCUT2D eigenvalue weighted by atomic mass is 19.1. The molecule has 0 saturated carbocycles. The average Bonchev–Trinajstić information content (AvgIpc) is 2.81. The summed E-state index contributed by atoms with van der Waals surface area (Å²) >= 11 is 0. The Morgan fingerprint density at radius 1 is 1.30 bits per heavy atom. The van der Waals surface area contributed by atoms with E-state index in [4.69, 9.17) is 4.74 Å². The molecular formula is C13H16F2N4O. The standard InChI is InChI=1S/C13H16F2N4O/c1-3-16-6-9-4-10(14)13(11(15)5-9)20-7-12-18-17-8-19(12)2/h4-5,8,16H,3,6-7H2,1-2H3. The highest BCUT2D eigenvalue weighted by molar-refractivity contribution is 5.31. The molecular weight excluding hydrogens is 266 g/mol. The molecule has 1 aromatic carbocycles. The number of hydrogen-bond donors (Lipinski definition) is 1. The van der Waals surface area contributed by atoms with Gasteiger partial charge in [-0.05, 0) is 24.2 Å². The van der Waals surface area contributed by atoms with Gasteiger partial charge in [-0.2, -0.15) is 0 Å². The van der Waals surface area contributed by atoms with Crippen molar-refractivity contribution in [3.05, 3.63) is 41.5 Å². The van der Waals surface area contributed by atoms with Crippen molar-refractivity contribution >= 4 is 0 Å². The van der Waals surface area contributed by atoms with Gasteiger partial charge in [-0.15, -0.1) is 10.2 Å². The first-order chi connectivity index (χ1) is 9.61. The number of benzene rings is 1. The number of aryl methyl sites for hydroxylation is 1. The number of nitrogens with one attached hydrogen (secondary N) is 1. The molecule has 0 aliphatic rings. The van der Waals surface area contributed by atoms with Gasteiger partial charge in [0.1, 0.15) is 12.9 Å². The van der Waals surface area contributed by atoms with Crippen LogP contribution in [0.1, 0.15) is 18.3 Å². The zero-order valence-electron chi connectivity index (χ0n) is 11.4.